The molecule has 0 bridgehead atoms. The molecule has 0 spiro atoms. The van der Waals surface area contributed by atoms with Gasteiger partial charge in [-0.25, -0.2) is 0 Å². The summed E-state index contributed by atoms with van der Waals surface area (Å²) in [4.78, 5) is 4.68. The van der Waals surface area contributed by atoms with Gasteiger partial charge < -0.3 is 19.7 Å². The summed E-state index contributed by atoms with van der Waals surface area (Å²) in [5, 5.41) is 4.18. The van der Waals surface area contributed by atoms with E-state index in [0.29, 0.717) is 6.04 Å². The van der Waals surface area contributed by atoms with E-state index < -0.39 is 0 Å². The topological polar surface area (TPSA) is 37.0 Å². The molecule has 0 radical (unpaired) electrons. The van der Waals surface area contributed by atoms with Crippen LogP contribution in [0.5, 0.6) is 5.75 Å². The Bertz CT molecular complexity index is 501. The maximum Gasteiger partial charge on any atom is 0.169 e. The maximum atomic E-state index is 5.61. The van der Waals surface area contributed by atoms with Gasteiger partial charge in [0.1, 0.15) is 5.75 Å². The normalized spacial score (nSPS) is 15.3. The maximum absolute atomic E-state index is 5.61. The summed E-state index contributed by atoms with van der Waals surface area (Å²) in [5.41, 5.74) is 1.23. The van der Waals surface area contributed by atoms with Crippen molar-refractivity contribution in [3.63, 3.8) is 0 Å². The Balaban J connectivity index is 1.96. The van der Waals surface area contributed by atoms with Crippen LogP contribution in [0.3, 0.4) is 0 Å². The second-order valence-corrected chi connectivity index (χ2v) is 6.71. The van der Waals surface area contributed by atoms with Crippen LogP contribution in [0.2, 0.25) is 0 Å². The summed E-state index contributed by atoms with van der Waals surface area (Å²) in [7, 11) is 1.69. The lowest BCUT2D eigenvalue weighted by Gasteiger charge is -2.32. The molecule has 1 fully saturated rings. The highest BCUT2D eigenvalue weighted by atomic mass is 32.1. The van der Waals surface area contributed by atoms with Gasteiger partial charge in [-0.05, 0) is 43.8 Å². The van der Waals surface area contributed by atoms with Crippen molar-refractivity contribution in [3.8, 4) is 5.75 Å². The molecule has 0 aromatic heterocycles. The van der Waals surface area contributed by atoms with Crippen molar-refractivity contribution in [3.05, 3.63) is 29.8 Å². The highest BCUT2D eigenvalue weighted by Gasteiger charge is 2.15. The first-order valence-corrected chi connectivity index (χ1v) is 8.98. The van der Waals surface area contributed by atoms with E-state index in [1.165, 1.54) is 5.56 Å². The Morgan fingerprint density at radius 2 is 1.96 bits per heavy atom. The third kappa shape index (κ3) is 6.26. The molecule has 1 heterocycles. The molecule has 1 aromatic rings. The molecule has 1 aliphatic rings. The van der Waals surface area contributed by atoms with E-state index in [1.807, 2.05) is 12.1 Å². The zero-order valence-electron chi connectivity index (χ0n) is 15.0. The molecule has 0 saturated carbocycles. The molecule has 2 rings (SSSR count). The summed E-state index contributed by atoms with van der Waals surface area (Å²) in [6, 6.07) is 8.51. The van der Waals surface area contributed by atoms with Gasteiger partial charge in [-0.3, -0.25) is 4.90 Å². The van der Waals surface area contributed by atoms with E-state index in [4.69, 9.17) is 21.7 Å². The van der Waals surface area contributed by atoms with Crippen molar-refractivity contribution in [2.75, 3.05) is 46.5 Å². The fraction of sp³-hybridized carbons (Fsp3) is 0.611. The van der Waals surface area contributed by atoms with E-state index in [0.717, 1.165) is 56.8 Å². The third-order valence-corrected chi connectivity index (χ3v) is 4.40. The quantitative estimate of drug-likeness (QED) is 0.759. The Labute approximate surface area is 150 Å². The molecule has 0 atom stereocenters. The van der Waals surface area contributed by atoms with E-state index >= 15 is 0 Å². The van der Waals surface area contributed by atoms with Crippen molar-refractivity contribution >= 4 is 17.3 Å². The van der Waals surface area contributed by atoms with Crippen LogP contribution in [-0.4, -0.2) is 67.5 Å². The number of methoxy groups -OCH3 is 1. The average Bonchev–Trinajstić information content (AvgIpc) is 2.59. The second-order valence-electron chi connectivity index (χ2n) is 6.33. The monoisotopic (exact) mass is 351 g/mol. The van der Waals surface area contributed by atoms with E-state index in [9.17, 15) is 0 Å². The minimum absolute atomic E-state index is 0.333. The molecule has 134 valence electrons. The van der Waals surface area contributed by atoms with Crippen LogP contribution >= 0.6 is 12.2 Å². The highest BCUT2D eigenvalue weighted by Crippen LogP contribution is 2.13. The summed E-state index contributed by atoms with van der Waals surface area (Å²) in [5.74, 6) is 0.876. The van der Waals surface area contributed by atoms with Gasteiger partial charge in [0.2, 0.25) is 0 Å². The van der Waals surface area contributed by atoms with E-state index in [-0.39, 0.29) is 0 Å². The summed E-state index contributed by atoms with van der Waals surface area (Å²) in [6.07, 6.45) is 0. The molecule has 0 amide bonds. The van der Waals surface area contributed by atoms with E-state index in [1.54, 1.807) is 7.11 Å². The fourth-order valence-electron chi connectivity index (χ4n) is 2.63. The first-order chi connectivity index (χ1) is 11.6. The number of hydrogen-bond acceptors (Lipinski definition) is 4. The zero-order chi connectivity index (χ0) is 17.4. The molecule has 6 heteroatoms. The van der Waals surface area contributed by atoms with Gasteiger partial charge in [-0.15, -0.1) is 0 Å². The average molecular weight is 352 g/mol. The number of hydrogen-bond donors (Lipinski definition) is 1. The largest absolute Gasteiger partial charge is 0.497 e. The Morgan fingerprint density at radius 3 is 2.54 bits per heavy atom. The lowest BCUT2D eigenvalue weighted by molar-refractivity contribution is 0.0357. The van der Waals surface area contributed by atoms with E-state index in [2.05, 4.69) is 41.1 Å². The number of morpholine rings is 1. The van der Waals surface area contributed by atoms with Crippen molar-refractivity contribution in [2.45, 2.75) is 26.4 Å². The Hall–Kier alpha value is -1.37. The minimum atomic E-state index is 0.333. The van der Waals surface area contributed by atoms with Crippen molar-refractivity contribution < 1.29 is 9.47 Å². The lowest BCUT2D eigenvalue weighted by Crippen LogP contribution is -2.47. The molecule has 1 aliphatic heterocycles. The van der Waals surface area contributed by atoms with Crippen LogP contribution in [0.4, 0.5) is 0 Å². The molecule has 0 unspecified atom stereocenters. The van der Waals surface area contributed by atoms with Gasteiger partial charge in [-0.2, -0.15) is 0 Å². The van der Waals surface area contributed by atoms with Gasteiger partial charge in [0, 0.05) is 38.8 Å². The number of nitrogens with zero attached hydrogens (tertiary/aromatic N) is 2. The zero-order valence-corrected chi connectivity index (χ0v) is 15.8. The number of benzene rings is 1. The van der Waals surface area contributed by atoms with Gasteiger partial charge in [0.05, 0.1) is 20.3 Å². The predicted octanol–water partition coefficient (Wildman–Crippen LogP) is 2.11. The highest BCUT2D eigenvalue weighted by molar-refractivity contribution is 7.80. The molecular weight excluding hydrogens is 322 g/mol. The molecule has 1 aromatic carbocycles. The Morgan fingerprint density at radius 1 is 1.29 bits per heavy atom. The van der Waals surface area contributed by atoms with Crippen molar-refractivity contribution in [1.29, 1.82) is 0 Å². The smallest absolute Gasteiger partial charge is 0.169 e. The number of thiocarbonyl (C=S) groups is 1. The number of ether oxygens (including phenoxy) is 2. The molecule has 1 N–H and O–H groups in total. The van der Waals surface area contributed by atoms with Gasteiger partial charge in [-0.1, -0.05) is 12.1 Å². The standard InChI is InChI=1S/C18H29N3O2S/c1-15(2)19-18(24)21(9-8-20-10-12-23-13-11-20)14-16-4-6-17(22-3)7-5-16/h4-7,15H,8-14H2,1-3H3,(H,19,24). The molecule has 1 saturated heterocycles. The Kier molecular flexibility index (Phi) is 7.75. The first-order valence-electron chi connectivity index (χ1n) is 8.57. The van der Waals surface area contributed by atoms with Crippen molar-refractivity contribution in [2.24, 2.45) is 0 Å². The van der Waals surface area contributed by atoms with Gasteiger partial charge in [0.25, 0.3) is 0 Å². The predicted molar refractivity (Wildman–Crippen MR) is 102 cm³/mol. The van der Waals surface area contributed by atoms with Crippen LogP contribution in [0, 0.1) is 0 Å². The fourth-order valence-corrected chi connectivity index (χ4v) is 3.02. The van der Waals surface area contributed by atoms with Crippen LogP contribution in [0.1, 0.15) is 19.4 Å². The van der Waals surface area contributed by atoms with Crippen molar-refractivity contribution in [1.82, 2.24) is 15.1 Å². The number of nitrogens with one attached hydrogen (secondary N) is 1. The summed E-state index contributed by atoms with van der Waals surface area (Å²) in [6.45, 7) is 10.6. The lowest BCUT2D eigenvalue weighted by atomic mass is 10.2. The second kappa shape index (κ2) is 9.81. The molecule has 5 nitrogen and oxygen atoms in total. The van der Waals surface area contributed by atoms with Gasteiger partial charge in [0.15, 0.2) is 5.11 Å². The number of rotatable bonds is 7. The minimum Gasteiger partial charge on any atom is -0.497 e. The van der Waals surface area contributed by atoms with Gasteiger partial charge >= 0.3 is 0 Å². The first kappa shape index (κ1) is 19.0. The van der Waals surface area contributed by atoms with Crippen LogP contribution in [0.15, 0.2) is 24.3 Å². The van der Waals surface area contributed by atoms with Crippen LogP contribution < -0.4 is 10.1 Å². The molecule has 0 aliphatic carbocycles. The SMILES string of the molecule is COc1ccc(CN(CCN2CCOCC2)C(=S)NC(C)C)cc1. The van der Waals surface area contributed by atoms with Crippen LogP contribution in [-0.2, 0) is 11.3 Å². The summed E-state index contributed by atoms with van der Waals surface area (Å²) < 4.78 is 10.6. The van der Waals surface area contributed by atoms with Crippen LogP contribution in [0.25, 0.3) is 0 Å². The molecule has 24 heavy (non-hydrogen) atoms. The molecular formula is C18H29N3O2S. The summed E-state index contributed by atoms with van der Waals surface area (Å²) >= 11 is 5.61. The third-order valence-electron chi connectivity index (χ3n) is 4.02.